The molecular weight excluding hydrogens is 163 g/mol. The zero-order chi connectivity index (χ0) is 8.74. The van der Waals surface area contributed by atoms with Crippen LogP contribution >= 0.6 is 0 Å². The molecule has 68 valence electrons. The second-order valence-corrected chi connectivity index (χ2v) is 5.16. The summed E-state index contributed by atoms with van der Waals surface area (Å²) in [6.07, 6.45) is 3.00. The minimum absolute atomic E-state index is 0.452. The van der Waals surface area contributed by atoms with Gasteiger partial charge in [0.2, 0.25) is 0 Å². The summed E-state index contributed by atoms with van der Waals surface area (Å²) < 4.78 is 22.6. The molecule has 0 bridgehead atoms. The second-order valence-electron chi connectivity index (χ2n) is 2.53. The molecule has 0 aliphatic carbocycles. The largest absolute Gasteiger partial charge is 0.539 e. The molecule has 0 radical (unpaired) electrons. The van der Waals surface area contributed by atoms with Crippen molar-refractivity contribution in [3.8, 4) is 0 Å². The van der Waals surface area contributed by atoms with E-state index in [1.54, 1.807) is 0 Å². The van der Waals surface area contributed by atoms with Crippen molar-refractivity contribution in [1.29, 1.82) is 0 Å². The van der Waals surface area contributed by atoms with E-state index in [1.165, 1.54) is 14.2 Å². The van der Waals surface area contributed by atoms with Gasteiger partial charge < -0.3 is 8.85 Å². The minimum Gasteiger partial charge on any atom is -0.374 e. The topological polar surface area (TPSA) is 18.5 Å². The molecular formula is C7H17FO2Si. The SMILES string of the molecule is CCCCC[Si](F)(OC)OC. The van der Waals surface area contributed by atoms with Crippen molar-refractivity contribution >= 4 is 8.89 Å². The molecule has 0 fully saturated rings. The number of hydrogen-bond donors (Lipinski definition) is 0. The molecule has 0 unspecified atom stereocenters. The quantitative estimate of drug-likeness (QED) is 0.355. The Morgan fingerprint density at radius 2 is 1.73 bits per heavy atom. The van der Waals surface area contributed by atoms with Crippen molar-refractivity contribution in [3.63, 3.8) is 0 Å². The van der Waals surface area contributed by atoms with E-state index in [1.807, 2.05) is 0 Å². The third-order valence-corrected chi connectivity index (χ3v) is 3.86. The zero-order valence-corrected chi connectivity index (χ0v) is 8.52. The van der Waals surface area contributed by atoms with Crippen LogP contribution in [0.2, 0.25) is 6.04 Å². The molecule has 0 rings (SSSR count). The van der Waals surface area contributed by atoms with E-state index >= 15 is 0 Å². The molecule has 4 heteroatoms. The molecule has 0 amide bonds. The maximum Gasteiger partial charge on any atom is 0.539 e. The molecule has 0 N–H and O–H groups in total. The highest BCUT2D eigenvalue weighted by Crippen LogP contribution is 2.17. The number of rotatable bonds is 6. The van der Waals surface area contributed by atoms with Gasteiger partial charge in [0.1, 0.15) is 0 Å². The van der Waals surface area contributed by atoms with Crippen molar-refractivity contribution in [2.45, 2.75) is 32.2 Å². The van der Waals surface area contributed by atoms with Gasteiger partial charge in [-0.05, 0) is 6.42 Å². The first kappa shape index (κ1) is 11.1. The van der Waals surface area contributed by atoms with Gasteiger partial charge in [-0.15, -0.1) is 0 Å². The van der Waals surface area contributed by atoms with E-state index in [0.29, 0.717) is 6.04 Å². The highest BCUT2D eigenvalue weighted by atomic mass is 28.4. The van der Waals surface area contributed by atoms with Crippen LogP contribution in [0, 0.1) is 0 Å². The van der Waals surface area contributed by atoms with E-state index in [4.69, 9.17) is 0 Å². The predicted molar refractivity (Wildman–Crippen MR) is 45.2 cm³/mol. The Morgan fingerprint density at radius 3 is 2.09 bits per heavy atom. The van der Waals surface area contributed by atoms with Crippen LogP contribution in [0.15, 0.2) is 0 Å². The van der Waals surface area contributed by atoms with Crippen LogP contribution in [0.25, 0.3) is 0 Å². The Balaban J connectivity index is 3.51. The third kappa shape index (κ3) is 4.50. The average molecular weight is 180 g/mol. The first-order chi connectivity index (χ1) is 5.18. The molecule has 0 saturated carbocycles. The summed E-state index contributed by atoms with van der Waals surface area (Å²) in [6.45, 7) is 2.08. The lowest BCUT2D eigenvalue weighted by Gasteiger charge is -2.16. The van der Waals surface area contributed by atoms with Crippen LogP contribution in [-0.2, 0) is 8.85 Å². The van der Waals surface area contributed by atoms with E-state index in [9.17, 15) is 4.11 Å². The Bertz CT molecular complexity index is 96.4. The first-order valence-electron chi connectivity index (χ1n) is 3.97. The number of halogens is 1. The molecule has 0 spiro atoms. The summed E-state index contributed by atoms with van der Waals surface area (Å²) in [5, 5.41) is 0. The van der Waals surface area contributed by atoms with Crippen molar-refractivity contribution in [3.05, 3.63) is 0 Å². The summed E-state index contributed by atoms with van der Waals surface area (Å²) >= 11 is 0. The van der Waals surface area contributed by atoms with Gasteiger partial charge in [0.05, 0.1) is 0 Å². The molecule has 11 heavy (non-hydrogen) atoms. The minimum atomic E-state index is -3.23. The van der Waals surface area contributed by atoms with Crippen molar-refractivity contribution in [2.75, 3.05) is 14.2 Å². The van der Waals surface area contributed by atoms with Crippen LogP contribution < -0.4 is 0 Å². The summed E-state index contributed by atoms with van der Waals surface area (Å²) in [5.74, 6) is 0. The normalized spacial score (nSPS) is 12.0. The molecule has 0 atom stereocenters. The summed E-state index contributed by atoms with van der Waals surface area (Å²) in [7, 11) is -0.481. The first-order valence-corrected chi connectivity index (χ1v) is 5.88. The fourth-order valence-corrected chi connectivity index (χ4v) is 2.12. The molecule has 0 heterocycles. The van der Waals surface area contributed by atoms with Crippen LogP contribution in [0.4, 0.5) is 4.11 Å². The van der Waals surface area contributed by atoms with Gasteiger partial charge in [-0.25, -0.2) is 4.11 Å². The molecule has 0 aromatic heterocycles. The third-order valence-electron chi connectivity index (χ3n) is 1.69. The average Bonchev–Trinajstić information content (AvgIpc) is 2.05. The Kier molecular flexibility index (Phi) is 5.72. The zero-order valence-electron chi connectivity index (χ0n) is 7.52. The summed E-state index contributed by atoms with van der Waals surface area (Å²) in [6, 6.07) is 0.452. The molecule has 0 aromatic rings. The molecule has 0 aliphatic rings. The van der Waals surface area contributed by atoms with E-state index in [-0.39, 0.29) is 0 Å². The van der Waals surface area contributed by atoms with Crippen molar-refractivity contribution in [2.24, 2.45) is 0 Å². The summed E-state index contributed by atoms with van der Waals surface area (Å²) in [4.78, 5) is 0. The lowest BCUT2D eigenvalue weighted by Crippen LogP contribution is -2.34. The standard InChI is InChI=1S/C7H17FO2Si/c1-4-5-6-7-11(8,9-2)10-3/h4-7H2,1-3H3. The Hall–Kier alpha value is 0.0669. The van der Waals surface area contributed by atoms with Crippen LogP contribution in [0.1, 0.15) is 26.2 Å². The van der Waals surface area contributed by atoms with Gasteiger partial charge in [-0.1, -0.05) is 19.8 Å². The molecule has 0 aliphatic heterocycles. The lowest BCUT2D eigenvalue weighted by atomic mass is 10.3. The fraction of sp³-hybridized carbons (Fsp3) is 1.00. The Morgan fingerprint density at radius 1 is 1.18 bits per heavy atom. The highest BCUT2D eigenvalue weighted by molar-refractivity contribution is 6.59. The van der Waals surface area contributed by atoms with Gasteiger partial charge in [-0.3, -0.25) is 0 Å². The lowest BCUT2D eigenvalue weighted by molar-refractivity contribution is 0.191. The molecule has 0 saturated heterocycles. The van der Waals surface area contributed by atoms with Gasteiger partial charge >= 0.3 is 8.89 Å². The highest BCUT2D eigenvalue weighted by Gasteiger charge is 2.36. The number of unbranched alkanes of at least 4 members (excludes halogenated alkanes) is 2. The van der Waals surface area contributed by atoms with Crippen molar-refractivity contribution in [1.82, 2.24) is 0 Å². The van der Waals surface area contributed by atoms with E-state index in [0.717, 1.165) is 19.3 Å². The smallest absolute Gasteiger partial charge is 0.374 e. The monoisotopic (exact) mass is 180 g/mol. The second kappa shape index (κ2) is 5.68. The van der Waals surface area contributed by atoms with E-state index < -0.39 is 8.89 Å². The summed E-state index contributed by atoms with van der Waals surface area (Å²) in [5.41, 5.74) is 0. The van der Waals surface area contributed by atoms with Gasteiger partial charge in [0.15, 0.2) is 0 Å². The maximum absolute atomic E-state index is 13.3. The fourth-order valence-electron chi connectivity index (χ4n) is 0.874. The van der Waals surface area contributed by atoms with E-state index in [2.05, 4.69) is 15.8 Å². The predicted octanol–water partition coefficient (Wildman–Crippen LogP) is 2.38. The Labute approximate surface area is 69.1 Å². The molecule has 2 nitrogen and oxygen atoms in total. The molecule has 0 aromatic carbocycles. The van der Waals surface area contributed by atoms with Crippen LogP contribution in [0.3, 0.4) is 0 Å². The van der Waals surface area contributed by atoms with Gasteiger partial charge in [0, 0.05) is 20.3 Å². The number of hydrogen-bond acceptors (Lipinski definition) is 2. The van der Waals surface area contributed by atoms with Crippen LogP contribution in [-0.4, -0.2) is 23.1 Å². The van der Waals surface area contributed by atoms with Crippen LogP contribution in [0.5, 0.6) is 0 Å². The van der Waals surface area contributed by atoms with Crippen molar-refractivity contribution < 1.29 is 13.0 Å². The maximum atomic E-state index is 13.3. The van der Waals surface area contributed by atoms with Gasteiger partial charge in [-0.2, -0.15) is 0 Å². The van der Waals surface area contributed by atoms with Gasteiger partial charge in [0.25, 0.3) is 0 Å².